The van der Waals surface area contributed by atoms with Gasteiger partial charge in [0.25, 0.3) is 0 Å². The number of carbonyl (C=O) groups is 1. The summed E-state index contributed by atoms with van der Waals surface area (Å²) >= 11 is 12.3. The molecule has 0 fully saturated rings. The first-order valence-electron chi connectivity index (χ1n) is 8.66. The van der Waals surface area contributed by atoms with Crippen molar-refractivity contribution in [1.82, 2.24) is 4.90 Å². The Morgan fingerprint density at radius 1 is 0.741 bits per heavy atom. The van der Waals surface area contributed by atoms with Gasteiger partial charge in [0, 0.05) is 13.1 Å². The summed E-state index contributed by atoms with van der Waals surface area (Å²) < 4.78 is 0. The van der Waals surface area contributed by atoms with Gasteiger partial charge in [0.2, 0.25) is 5.91 Å². The standard InChI is InChI=1S/C22H20Cl2N2O/c23-19-12-7-13-20(24)22(19)25-21(27)16-26(14-17-8-3-1-4-9-17)15-18-10-5-2-6-11-18/h1-13H,14-16H2,(H,25,27). The molecule has 0 heterocycles. The van der Waals surface area contributed by atoms with Crippen LogP contribution in [0.2, 0.25) is 10.0 Å². The van der Waals surface area contributed by atoms with Gasteiger partial charge >= 0.3 is 0 Å². The lowest BCUT2D eigenvalue weighted by Crippen LogP contribution is -2.32. The molecule has 1 amide bonds. The van der Waals surface area contributed by atoms with Crippen LogP contribution in [-0.2, 0) is 17.9 Å². The second-order valence-corrected chi connectivity index (χ2v) is 7.08. The quantitative estimate of drug-likeness (QED) is 0.558. The van der Waals surface area contributed by atoms with E-state index in [0.29, 0.717) is 28.8 Å². The Labute approximate surface area is 169 Å². The van der Waals surface area contributed by atoms with Crippen molar-refractivity contribution in [1.29, 1.82) is 0 Å². The molecule has 0 aliphatic rings. The number of rotatable bonds is 7. The lowest BCUT2D eigenvalue weighted by atomic mass is 10.1. The van der Waals surface area contributed by atoms with Gasteiger partial charge in [0.1, 0.15) is 0 Å². The lowest BCUT2D eigenvalue weighted by molar-refractivity contribution is -0.117. The number of amides is 1. The van der Waals surface area contributed by atoms with Gasteiger partial charge in [-0.1, -0.05) is 89.9 Å². The smallest absolute Gasteiger partial charge is 0.238 e. The van der Waals surface area contributed by atoms with E-state index in [2.05, 4.69) is 34.5 Å². The van der Waals surface area contributed by atoms with Gasteiger partial charge in [0.05, 0.1) is 22.3 Å². The van der Waals surface area contributed by atoms with Gasteiger partial charge in [-0.3, -0.25) is 9.69 Å². The van der Waals surface area contributed by atoms with Crippen LogP contribution in [0.15, 0.2) is 78.9 Å². The number of hydrogen-bond acceptors (Lipinski definition) is 2. The van der Waals surface area contributed by atoms with Gasteiger partial charge in [0.15, 0.2) is 0 Å². The summed E-state index contributed by atoms with van der Waals surface area (Å²) in [5.41, 5.74) is 2.75. The largest absolute Gasteiger partial charge is 0.322 e. The minimum absolute atomic E-state index is 0.156. The van der Waals surface area contributed by atoms with Crippen molar-refractivity contribution in [2.24, 2.45) is 0 Å². The number of nitrogens with zero attached hydrogens (tertiary/aromatic N) is 1. The SMILES string of the molecule is O=C(CN(Cc1ccccc1)Cc1ccccc1)Nc1c(Cl)cccc1Cl. The van der Waals surface area contributed by atoms with Crippen molar-refractivity contribution in [3.05, 3.63) is 100 Å². The molecule has 27 heavy (non-hydrogen) atoms. The van der Waals surface area contributed by atoms with E-state index in [4.69, 9.17) is 23.2 Å². The number of halogens is 2. The molecule has 138 valence electrons. The van der Waals surface area contributed by atoms with E-state index in [1.807, 2.05) is 36.4 Å². The molecule has 0 saturated heterocycles. The summed E-state index contributed by atoms with van der Waals surface area (Å²) in [4.78, 5) is 14.7. The fourth-order valence-electron chi connectivity index (χ4n) is 2.85. The molecule has 0 atom stereocenters. The Hall–Kier alpha value is -2.33. The van der Waals surface area contributed by atoms with Gasteiger partial charge in [-0.25, -0.2) is 0 Å². The number of hydrogen-bond donors (Lipinski definition) is 1. The summed E-state index contributed by atoms with van der Waals surface area (Å²) in [5, 5.41) is 3.69. The van der Waals surface area contributed by atoms with Crippen LogP contribution in [0.3, 0.4) is 0 Å². The fraction of sp³-hybridized carbons (Fsp3) is 0.136. The average Bonchev–Trinajstić information content (AvgIpc) is 2.66. The molecule has 0 radical (unpaired) electrons. The van der Waals surface area contributed by atoms with Crippen molar-refractivity contribution in [3.63, 3.8) is 0 Å². The van der Waals surface area contributed by atoms with Crippen molar-refractivity contribution in [2.75, 3.05) is 11.9 Å². The maximum absolute atomic E-state index is 12.6. The first-order valence-corrected chi connectivity index (χ1v) is 9.41. The summed E-state index contributed by atoms with van der Waals surface area (Å²) in [7, 11) is 0. The van der Waals surface area contributed by atoms with E-state index in [1.165, 1.54) is 0 Å². The third kappa shape index (κ3) is 5.83. The first kappa shape index (κ1) is 19.4. The molecule has 0 unspecified atom stereocenters. The molecule has 0 aromatic heterocycles. The average molecular weight is 399 g/mol. The van der Waals surface area contributed by atoms with Crippen LogP contribution in [0.5, 0.6) is 0 Å². The zero-order valence-corrected chi connectivity index (χ0v) is 16.3. The minimum atomic E-state index is -0.156. The molecule has 0 bridgehead atoms. The van der Waals surface area contributed by atoms with E-state index < -0.39 is 0 Å². The Balaban J connectivity index is 1.72. The van der Waals surface area contributed by atoms with E-state index in [9.17, 15) is 4.79 Å². The summed E-state index contributed by atoms with van der Waals surface area (Å²) in [6.45, 7) is 1.56. The molecule has 0 aliphatic heterocycles. The molecular formula is C22H20Cl2N2O. The van der Waals surface area contributed by atoms with Crippen LogP contribution in [0, 0.1) is 0 Å². The highest BCUT2D eigenvalue weighted by atomic mass is 35.5. The Kier molecular flexibility index (Phi) is 6.88. The highest BCUT2D eigenvalue weighted by Crippen LogP contribution is 2.29. The maximum atomic E-state index is 12.6. The van der Waals surface area contributed by atoms with Gasteiger partial charge in [-0.2, -0.15) is 0 Å². The lowest BCUT2D eigenvalue weighted by Gasteiger charge is -2.22. The molecule has 0 aliphatic carbocycles. The molecule has 3 aromatic carbocycles. The summed E-state index contributed by atoms with van der Waals surface area (Å²) in [6.07, 6.45) is 0. The molecule has 5 heteroatoms. The van der Waals surface area contributed by atoms with Crippen molar-refractivity contribution in [3.8, 4) is 0 Å². The van der Waals surface area contributed by atoms with Crippen molar-refractivity contribution in [2.45, 2.75) is 13.1 Å². The molecule has 3 aromatic rings. The van der Waals surface area contributed by atoms with E-state index in [0.717, 1.165) is 11.1 Å². The highest BCUT2D eigenvalue weighted by Gasteiger charge is 2.15. The minimum Gasteiger partial charge on any atom is -0.322 e. The topological polar surface area (TPSA) is 32.3 Å². The normalized spacial score (nSPS) is 10.8. The van der Waals surface area contributed by atoms with Crippen LogP contribution in [-0.4, -0.2) is 17.4 Å². The summed E-state index contributed by atoms with van der Waals surface area (Å²) in [5.74, 6) is -0.156. The summed E-state index contributed by atoms with van der Waals surface area (Å²) in [6, 6.07) is 25.3. The van der Waals surface area contributed by atoms with Gasteiger partial charge < -0.3 is 5.32 Å². The number of benzene rings is 3. The Morgan fingerprint density at radius 3 is 1.70 bits per heavy atom. The molecular weight excluding hydrogens is 379 g/mol. The first-order chi connectivity index (χ1) is 13.1. The predicted molar refractivity (Wildman–Crippen MR) is 112 cm³/mol. The monoisotopic (exact) mass is 398 g/mol. The van der Waals surface area contributed by atoms with Gasteiger partial charge in [-0.05, 0) is 23.3 Å². The number of para-hydroxylation sites is 1. The number of nitrogens with one attached hydrogen (secondary N) is 1. The highest BCUT2D eigenvalue weighted by molar-refractivity contribution is 6.39. The second kappa shape index (κ2) is 9.56. The molecule has 3 rings (SSSR count). The van der Waals surface area contributed by atoms with Gasteiger partial charge in [-0.15, -0.1) is 0 Å². The van der Waals surface area contributed by atoms with Crippen molar-refractivity contribution < 1.29 is 4.79 Å². The number of anilines is 1. The van der Waals surface area contributed by atoms with Crippen molar-refractivity contribution >= 4 is 34.8 Å². The Morgan fingerprint density at radius 2 is 1.22 bits per heavy atom. The van der Waals surface area contributed by atoms with E-state index in [-0.39, 0.29) is 12.5 Å². The van der Waals surface area contributed by atoms with Crippen LogP contribution in [0.1, 0.15) is 11.1 Å². The molecule has 0 spiro atoms. The molecule has 3 nitrogen and oxygen atoms in total. The third-order valence-corrected chi connectivity index (χ3v) is 4.72. The zero-order valence-electron chi connectivity index (χ0n) is 14.7. The van der Waals surface area contributed by atoms with Crippen LogP contribution in [0.25, 0.3) is 0 Å². The third-order valence-electron chi connectivity index (χ3n) is 4.09. The zero-order chi connectivity index (χ0) is 19.1. The van der Waals surface area contributed by atoms with Crippen LogP contribution >= 0.6 is 23.2 Å². The van der Waals surface area contributed by atoms with E-state index >= 15 is 0 Å². The molecule has 0 saturated carbocycles. The Bertz CT molecular complexity index is 824. The van der Waals surface area contributed by atoms with Crippen LogP contribution in [0.4, 0.5) is 5.69 Å². The van der Waals surface area contributed by atoms with E-state index in [1.54, 1.807) is 18.2 Å². The van der Waals surface area contributed by atoms with Crippen LogP contribution < -0.4 is 5.32 Å². The molecule has 1 N–H and O–H groups in total. The second-order valence-electron chi connectivity index (χ2n) is 6.26. The predicted octanol–water partition coefficient (Wildman–Crippen LogP) is 5.63. The maximum Gasteiger partial charge on any atom is 0.238 e. The number of carbonyl (C=O) groups excluding carboxylic acids is 1. The fourth-order valence-corrected chi connectivity index (χ4v) is 3.34.